The van der Waals surface area contributed by atoms with Crippen LogP contribution in [0.2, 0.25) is 0 Å². The lowest BCUT2D eigenvalue weighted by molar-refractivity contribution is -0.147. The largest absolute Gasteiger partial charge is 0.468 e. The fourth-order valence-corrected chi connectivity index (χ4v) is 5.15. The van der Waals surface area contributed by atoms with E-state index in [2.05, 4.69) is 10.2 Å². The number of benzene rings is 2. The first-order chi connectivity index (χ1) is 14.0. The summed E-state index contributed by atoms with van der Waals surface area (Å²) in [5, 5.41) is 4.07. The summed E-state index contributed by atoms with van der Waals surface area (Å²) in [6.07, 6.45) is 1.59. The predicted octanol–water partition coefficient (Wildman–Crippen LogP) is 1.83. The number of ether oxygens (including phenoxy) is 1. The summed E-state index contributed by atoms with van der Waals surface area (Å²) in [5.41, 5.74) is 1.59. The number of aromatic nitrogens is 1. The highest BCUT2D eigenvalue weighted by atomic mass is 32.2. The molecule has 1 N–H and O–H groups in total. The molecule has 8 heteroatoms. The van der Waals surface area contributed by atoms with Gasteiger partial charge in [0.2, 0.25) is 0 Å². The van der Waals surface area contributed by atoms with Gasteiger partial charge in [0.25, 0.3) is 10.0 Å². The Hall–Kier alpha value is -2.68. The predicted molar refractivity (Wildman–Crippen MR) is 110 cm³/mol. The van der Waals surface area contributed by atoms with Gasteiger partial charge in [0.15, 0.2) is 0 Å². The fraction of sp³-hybridized carbons (Fsp3) is 0.286. The number of carbonyl (C=O) groups is 1. The minimum atomic E-state index is -3.68. The third-order valence-electron chi connectivity index (χ3n) is 5.29. The van der Waals surface area contributed by atoms with Crippen LogP contribution in [-0.4, -0.2) is 56.0 Å². The molecule has 0 saturated carbocycles. The average Bonchev–Trinajstić information content (AvgIpc) is 3.20. The molecule has 1 atom stereocenters. The lowest BCUT2D eigenvalue weighted by atomic mass is 10.1. The molecule has 0 bridgehead atoms. The molecule has 29 heavy (non-hydrogen) atoms. The smallest absolute Gasteiger partial charge is 0.324 e. The number of fused-ring (bicyclic) bond motifs is 1. The number of hydrogen-bond acceptors (Lipinski definition) is 6. The summed E-state index contributed by atoms with van der Waals surface area (Å²) in [6, 6.07) is 15.5. The van der Waals surface area contributed by atoms with Gasteiger partial charge in [0, 0.05) is 37.8 Å². The van der Waals surface area contributed by atoms with E-state index in [1.54, 1.807) is 42.6 Å². The van der Waals surface area contributed by atoms with E-state index >= 15 is 0 Å². The van der Waals surface area contributed by atoms with E-state index in [0.717, 1.165) is 17.5 Å². The number of carbonyl (C=O) groups excluding carboxylic acids is 1. The van der Waals surface area contributed by atoms with Gasteiger partial charge in [-0.1, -0.05) is 30.3 Å². The second kappa shape index (κ2) is 7.98. The highest BCUT2D eigenvalue weighted by Crippen LogP contribution is 2.26. The van der Waals surface area contributed by atoms with Crippen LogP contribution in [0.5, 0.6) is 0 Å². The fourth-order valence-electron chi connectivity index (χ4n) is 3.78. The molecule has 2 heterocycles. The van der Waals surface area contributed by atoms with Crippen molar-refractivity contribution in [1.82, 2.24) is 14.2 Å². The van der Waals surface area contributed by atoms with E-state index < -0.39 is 10.0 Å². The molecular formula is C21H23N3O4S. The first-order valence-corrected chi connectivity index (χ1v) is 10.9. The van der Waals surface area contributed by atoms with Gasteiger partial charge in [-0.2, -0.15) is 0 Å². The number of esters is 1. The van der Waals surface area contributed by atoms with Crippen molar-refractivity contribution in [2.24, 2.45) is 0 Å². The molecule has 1 aliphatic rings. The third-order valence-corrected chi connectivity index (χ3v) is 6.99. The van der Waals surface area contributed by atoms with E-state index in [9.17, 15) is 13.2 Å². The number of nitrogens with one attached hydrogen (secondary N) is 1. The van der Waals surface area contributed by atoms with E-state index in [0.29, 0.717) is 25.2 Å². The zero-order valence-corrected chi connectivity index (χ0v) is 16.9. The van der Waals surface area contributed by atoms with Gasteiger partial charge in [0.1, 0.15) is 6.04 Å². The number of nitrogens with zero attached hydrogens (tertiary/aromatic N) is 2. The summed E-state index contributed by atoms with van der Waals surface area (Å²) < 4.78 is 32.4. The molecule has 3 aromatic rings. The molecule has 0 aliphatic carbocycles. The van der Waals surface area contributed by atoms with E-state index in [1.807, 2.05) is 18.2 Å². The first-order valence-electron chi connectivity index (χ1n) is 9.44. The molecule has 1 aromatic heterocycles. The lowest BCUT2D eigenvalue weighted by Crippen LogP contribution is -2.54. The quantitative estimate of drug-likeness (QED) is 0.643. The molecular weight excluding hydrogens is 390 g/mol. The number of hydrogen-bond donors (Lipinski definition) is 1. The average molecular weight is 413 g/mol. The minimum Gasteiger partial charge on any atom is -0.468 e. The van der Waals surface area contributed by atoms with Crippen LogP contribution in [0.15, 0.2) is 65.7 Å². The highest BCUT2D eigenvalue weighted by Gasteiger charge is 2.30. The highest BCUT2D eigenvalue weighted by molar-refractivity contribution is 7.90. The molecule has 152 valence electrons. The summed E-state index contributed by atoms with van der Waals surface area (Å²) in [7, 11) is -2.29. The van der Waals surface area contributed by atoms with Gasteiger partial charge in [0.05, 0.1) is 17.5 Å². The van der Waals surface area contributed by atoms with Crippen molar-refractivity contribution >= 4 is 26.9 Å². The SMILES string of the molecule is COC(=O)C1CNCCN1Cc1cccc2c1ccn2S(=O)(=O)c1ccccc1. The minimum absolute atomic E-state index is 0.246. The first kappa shape index (κ1) is 19.6. The zero-order chi connectivity index (χ0) is 20.4. The van der Waals surface area contributed by atoms with Crippen molar-refractivity contribution < 1.29 is 17.9 Å². The van der Waals surface area contributed by atoms with Gasteiger partial charge < -0.3 is 10.1 Å². The van der Waals surface area contributed by atoms with Gasteiger partial charge >= 0.3 is 5.97 Å². The van der Waals surface area contributed by atoms with Crippen molar-refractivity contribution in [3.63, 3.8) is 0 Å². The Kier molecular flexibility index (Phi) is 5.40. The molecule has 0 amide bonds. The van der Waals surface area contributed by atoms with Crippen molar-refractivity contribution in [1.29, 1.82) is 0 Å². The number of piperazine rings is 1. The second-order valence-corrected chi connectivity index (χ2v) is 8.81. The Balaban J connectivity index is 1.70. The molecule has 1 unspecified atom stereocenters. The molecule has 4 rings (SSSR count). The zero-order valence-electron chi connectivity index (χ0n) is 16.1. The Morgan fingerprint density at radius 3 is 2.69 bits per heavy atom. The summed E-state index contributed by atoms with van der Waals surface area (Å²) in [5.74, 6) is -0.270. The second-order valence-electron chi connectivity index (χ2n) is 6.99. The van der Waals surface area contributed by atoms with E-state index in [1.165, 1.54) is 11.1 Å². The van der Waals surface area contributed by atoms with Gasteiger partial charge in [-0.05, 0) is 29.8 Å². The summed E-state index contributed by atoms with van der Waals surface area (Å²) >= 11 is 0. The molecule has 1 saturated heterocycles. The third kappa shape index (κ3) is 3.66. The van der Waals surface area contributed by atoms with Crippen LogP contribution < -0.4 is 5.32 Å². The number of methoxy groups -OCH3 is 1. The topological polar surface area (TPSA) is 80.6 Å². The standard InChI is InChI=1S/C21H23N3O4S/c1-28-21(25)20-14-22-11-13-23(20)15-16-6-5-9-19-18(16)10-12-24(19)29(26,27)17-7-3-2-4-8-17/h2-10,12,20,22H,11,13-15H2,1H3. The van der Waals surface area contributed by atoms with Crippen LogP contribution >= 0.6 is 0 Å². The van der Waals surface area contributed by atoms with E-state index in [-0.39, 0.29) is 16.9 Å². The van der Waals surface area contributed by atoms with Crippen molar-refractivity contribution in [2.75, 3.05) is 26.7 Å². The normalized spacial score (nSPS) is 18.0. The maximum absolute atomic E-state index is 13.1. The van der Waals surface area contributed by atoms with E-state index in [4.69, 9.17) is 4.74 Å². The van der Waals surface area contributed by atoms with Crippen LogP contribution in [0, 0.1) is 0 Å². The monoisotopic (exact) mass is 413 g/mol. The molecule has 0 radical (unpaired) electrons. The molecule has 2 aromatic carbocycles. The van der Waals surface area contributed by atoms with Crippen LogP contribution in [-0.2, 0) is 26.1 Å². The van der Waals surface area contributed by atoms with Crippen molar-refractivity contribution in [2.45, 2.75) is 17.5 Å². The summed E-state index contributed by atoms with van der Waals surface area (Å²) in [6.45, 7) is 2.56. The van der Waals surface area contributed by atoms with Gasteiger partial charge in [-0.25, -0.2) is 12.4 Å². The van der Waals surface area contributed by atoms with Crippen LogP contribution in [0.4, 0.5) is 0 Å². The maximum Gasteiger partial charge on any atom is 0.324 e. The van der Waals surface area contributed by atoms with Crippen molar-refractivity contribution in [3.8, 4) is 0 Å². The Morgan fingerprint density at radius 1 is 1.14 bits per heavy atom. The Morgan fingerprint density at radius 2 is 1.93 bits per heavy atom. The lowest BCUT2D eigenvalue weighted by Gasteiger charge is -2.34. The Bertz CT molecular complexity index is 1130. The molecule has 0 spiro atoms. The maximum atomic E-state index is 13.1. The van der Waals surface area contributed by atoms with Crippen LogP contribution in [0.1, 0.15) is 5.56 Å². The van der Waals surface area contributed by atoms with Gasteiger partial charge in [-0.15, -0.1) is 0 Å². The van der Waals surface area contributed by atoms with Crippen LogP contribution in [0.25, 0.3) is 10.9 Å². The molecule has 7 nitrogen and oxygen atoms in total. The molecule has 1 fully saturated rings. The molecule has 1 aliphatic heterocycles. The van der Waals surface area contributed by atoms with Crippen LogP contribution in [0.3, 0.4) is 0 Å². The van der Waals surface area contributed by atoms with Crippen molar-refractivity contribution in [3.05, 3.63) is 66.4 Å². The van der Waals surface area contributed by atoms with Gasteiger partial charge in [-0.3, -0.25) is 9.69 Å². The summed E-state index contributed by atoms with van der Waals surface area (Å²) in [4.78, 5) is 14.5. The Labute approximate surface area is 169 Å². The number of rotatable bonds is 5.